The van der Waals surface area contributed by atoms with Crippen molar-refractivity contribution in [3.05, 3.63) is 59.4 Å². The highest BCUT2D eigenvalue weighted by Gasteiger charge is 2.40. The fourth-order valence-electron chi connectivity index (χ4n) is 3.54. The molecule has 1 aromatic carbocycles. The van der Waals surface area contributed by atoms with E-state index in [2.05, 4.69) is 20.7 Å². The van der Waals surface area contributed by atoms with E-state index in [1.807, 2.05) is 50.2 Å². The largest absolute Gasteiger partial charge is 0.325 e. The summed E-state index contributed by atoms with van der Waals surface area (Å²) in [6.07, 6.45) is 3.20. The first-order chi connectivity index (χ1) is 13.5. The van der Waals surface area contributed by atoms with E-state index in [-0.39, 0.29) is 5.91 Å². The number of amidine groups is 1. The number of aromatic nitrogens is 1. The van der Waals surface area contributed by atoms with E-state index >= 15 is 0 Å². The zero-order valence-corrected chi connectivity index (χ0v) is 16.2. The highest BCUT2D eigenvalue weighted by atomic mass is 16.7. The number of hydrogen-bond acceptors (Lipinski definition) is 6. The second-order valence-corrected chi connectivity index (χ2v) is 7.47. The third-order valence-corrected chi connectivity index (χ3v) is 5.23. The van der Waals surface area contributed by atoms with Crippen LogP contribution in [0.1, 0.15) is 29.7 Å². The van der Waals surface area contributed by atoms with Crippen molar-refractivity contribution in [3.8, 4) is 0 Å². The van der Waals surface area contributed by atoms with E-state index in [0.717, 1.165) is 48.4 Å². The Morgan fingerprint density at radius 1 is 1.25 bits per heavy atom. The number of rotatable bonds is 4. The minimum absolute atomic E-state index is 0.00721. The van der Waals surface area contributed by atoms with Gasteiger partial charge in [-0.15, -0.1) is 0 Å². The van der Waals surface area contributed by atoms with Gasteiger partial charge in [0.05, 0.1) is 6.54 Å². The molecule has 0 atom stereocenters. The number of hydroxylamine groups is 1. The van der Waals surface area contributed by atoms with Crippen molar-refractivity contribution >= 4 is 17.4 Å². The molecule has 1 saturated heterocycles. The maximum Gasteiger partial charge on any atom is 0.238 e. The first-order valence-electron chi connectivity index (χ1n) is 9.58. The smallest absolute Gasteiger partial charge is 0.238 e. The monoisotopic (exact) mass is 379 g/mol. The molecule has 1 amide bonds. The van der Waals surface area contributed by atoms with E-state index in [0.29, 0.717) is 12.4 Å². The van der Waals surface area contributed by atoms with Crippen LogP contribution in [0.2, 0.25) is 0 Å². The number of likely N-dealkylation sites (tertiary alicyclic amines) is 1. The Labute approximate surface area is 164 Å². The maximum absolute atomic E-state index is 12.5. The summed E-state index contributed by atoms with van der Waals surface area (Å²) in [5.74, 6) is 0.675. The number of aryl methyl sites for hydroxylation is 2. The molecule has 1 spiro atoms. The quantitative estimate of drug-likeness (QED) is 0.853. The van der Waals surface area contributed by atoms with Crippen LogP contribution in [-0.2, 0) is 9.63 Å². The van der Waals surface area contributed by atoms with Gasteiger partial charge in [-0.3, -0.25) is 14.7 Å². The Hall–Kier alpha value is -2.77. The number of nitrogens with zero attached hydrogens (tertiary/aromatic N) is 3. The van der Waals surface area contributed by atoms with E-state index in [4.69, 9.17) is 9.83 Å². The summed E-state index contributed by atoms with van der Waals surface area (Å²) >= 11 is 0. The van der Waals surface area contributed by atoms with Crippen LogP contribution in [0, 0.1) is 13.8 Å². The SMILES string of the molecule is Cc1ccc(C)c(NC(=O)CN2CCC3(CC2)N=C(c2ccccn2)NO3)c1. The second-order valence-electron chi connectivity index (χ2n) is 7.47. The molecular formula is C21H25N5O2. The zero-order chi connectivity index (χ0) is 19.6. The van der Waals surface area contributed by atoms with Crippen molar-refractivity contribution in [1.82, 2.24) is 15.4 Å². The van der Waals surface area contributed by atoms with Gasteiger partial charge in [-0.2, -0.15) is 0 Å². The molecule has 0 saturated carbocycles. The van der Waals surface area contributed by atoms with Crippen LogP contribution in [0.25, 0.3) is 0 Å². The summed E-state index contributed by atoms with van der Waals surface area (Å²) in [5, 5.41) is 3.03. The topological polar surface area (TPSA) is 78.9 Å². The molecule has 146 valence electrons. The molecular weight excluding hydrogens is 354 g/mol. The Morgan fingerprint density at radius 2 is 2.07 bits per heavy atom. The van der Waals surface area contributed by atoms with Crippen LogP contribution in [0.5, 0.6) is 0 Å². The van der Waals surface area contributed by atoms with Gasteiger partial charge in [0.1, 0.15) is 5.69 Å². The Kier molecular flexibility index (Phi) is 5.11. The molecule has 7 nitrogen and oxygen atoms in total. The number of aliphatic imine (C=N–C) groups is 1. The molecule has 2 N–H and O–H groups in total. The molecule has 28 heavy (non-hydrogen) atoms. The second kappa shape index (κ2) is 7.69. The van der Waals surface area contributed by atoms with Crippen LogP contribution < -0.4 is 10.8 Å². The number of amides is 1. The van der Waals surface area contributed by atoms with Gasteiger partial charge in [-0.05, 0) is 43.2 Å². The molecule has 1 aromatic heterocycles. The molecule has 2 aliphatic heterocycles. The molecule has 1 fully saturated rings. The van der Waals surface area contributed by atoms with E-state index in [9.17, 15) is 4.79 Å². The lowest BCUT2D eigenvalue weighted by atomic mass is 10.0. The van der Waals surface area contributed by atoms with Crippen molar-refractivity contribution < 1.29 is 9.63 Å². The van der Waals surface area contributed by atoms with Gasteiger partial charge in [0.2, 0.25) is 5.91 Å². The highest BCUT2D eigenvalue weighted by Crippen LogP contribution is 2.30. The molecule has 0 radical (unpaired) electrons. The molecule has 2 aromatic rings. The fourth-order valence-corrected chi connectivity index (χ4v) is 3.54. The summed E-state index contributed by atoms with van der Waals surface area (Å²) in [7, 11) is 0. The lowest BCUT2D eigenvalue weighted by Gasteiger charge is -2.35. The average Bonchev–Trinajstić information content (AvgIpc) is 3.11. The third-order valence-electron chi connectivity index (χ3n) is 5.23. The van der Waals surface area contributed by atoms with Gasteiger partial charge < -0.3 is 5.32 Å². The van der Waals surface area contributed by atoms with Gasteiger partial charge in [0.25, 0.3) is 0 Å². The first kappa shape index (κ1) is 18.6. The van der Waals surface area contributed by atoms with Crippen molar-refractivity contribution in [1.29, 1.82) is 0 Å². The molecule has 0 bridgehead atoms. The van der Waals surface area contributed by atoms with Gasteiger partial charge in [-0.25, -0.2) is 15.3 Å². The number of carbonyl (C=O) groups is 1. The minimum atomic E-state index is -0.563. The summed E-state index contributed by atoms with van der Waals surface area (Å²) in [6, 6.07) is 11.8. The molecule has 0 unspecified atom stereocenters. The molecule has 0 aliphatic carbocycles. The van der Waals surface area contributed by atoms with E-state index < -0.39 is 5.72 Å². The van der Waals surface area contributed by atoms with Crippen LogP contribution >= 0.6 is 0 Å². The lowest BCUT2D eigenvalue weighted by Crippen LogP contribution is -2.46. The number of hydrogen-bond donors (Lipinski definition) is 2. The molecule has 3 heterocycles. The number of pyridine rings is 1. The van der Waals surface area contributed by atoms with Crippen molar-refractivity contribution in [3.63, 3.8) is 0 Å². The highest BCUT2D eigenvalue weighted by molar-refractivity contribution is 5.97. The normalized spacial score (nSPS) is 18.6. The fraction of sp³-hybridized carbons (Fsp3) is 0.381. The van der Waals surface area contributed by atoms with Gasteiger partial charge in [0.15, 0.2) is 11.6 Å². The van der Waals surface area contributed by atoms with Crippen LogP contribution in [0.3, 0.4) is 0 Å². The van der Waals surface area contributed by atoms with Gasteiger partial charge >= 0.3 is 0 Å². The summed E-state index contributed by atoms with van der Waals surface area (Å²) in [5.41, 5.74) is 6.21. The van der Waals surface area contributed by atoms with E-state index in [1.54, 1.807) is 6.20 Å². The molecule has 4 rings (SSSR count). The summed E-state index contributed by atoms with van der Waals surface area (Å²) in [6.45, 7) is 5.89. The number of anilines is 1. The third kappa shape index (κ3) is 4.05. The Balaban J connectivity index is 1.33. The van der Waals surface area contributed by atoms with Crippen LogP contribution in [-0.4, -0.2) is 47.0 Å². The molecule has 2 aliphatic rings. The Bertz CT molecular complexity index is 889. The predicted molar refractivity (Wildman–Crippen MR) is 108 cm³/mol. The lowest BCUT2D eigenvalue weighted by molar-refractivity contribution is -0.120. The Morgan fingerprint density at radius 3 is 2.82 bits per heavy atom. The van der Waals surface area contributed by atoms with Crippen molar-refractivity contribution in [2.75, 3.05) is 25.0 Å². The summed E-state index contributed by atoms with van der Waals surface area (Å²) < 4.78 is 0. The number of piperidine rings is 1. The van der Waals surface area contributed by atoms with E-state index in [1.165, 1.54) is 0 Å². The number of nitrogens with one attached hydrogen (secondary N) is 2. The van der Waals surface area contributed by atoms with Crippen molar-refractivity contribution in [2.24, 2.45) is 4.99 Å². The standard InChI is InChI=1S/C21H25N5O2/c1-15-6-7-16(2)18(13-15)23-19(27)14-26-11-8-21(9-12-26)24-20(25-28-21)17-5-3-4-10-22-17/h3-7,10,13H,8-9,11-12,14H2,1-2H3,(H,23,27)(H,24,25). The maximum atomic E-state index is 12.5. The average molecular weight is 379 g/mol. The first-order valence-corrected chi connectivity index (χ1v) is 9.58. The van der Waals surface area contributed by atoms with Gasteiger partial charge in [0, 0.05) is 37.8 Å². The zero-order valence-electron chi connectivity index (χ0n) is 16.2. The predicted octanol–water partition coefficient (Wildman–Crippen LogP) is 2.41. The number of benzene rings is 1. The number of carbonyl (C=O) groups excluding carboxylic acids is 1. The van der Waals surface area contributed by atoms with Crippen molar-refractivity contribution in [2.45, 2.75) is 32.4 Å². The van der Waals surface area contributed by atoms with Crippen LogP contribution in [0.4, 0.5) is 5.69 Å². The summed E-state index contributed by atoms with van der Waals surface area (Å²) in [4.78, 5) is 29.5. The minimum Gasteiger partial charge on any atom is -0.325 e. The molecule has 7 heteroatoms. The van der Waals surface area contributed by atoms with Gasteiger partial charge in [-0.1, -0.05) is 18.2 Å². The van der Waals surface area contributed by atoms with Crippen LogP contribution in [0.15, 0.2) is 47.6 Å².